The molecule has 0 fully saturated rings. The zero-order valence-electron chi connectivity index (χ0n) is 8.88. The Labute approximate surface area is 102 Å². The number of aryl methyl sites for hydroxylation is 1. The first kappa shape index (κ1) is 13.2. The summed E-state index contributed by atoms with van der Waals surface area (Å²) in [6, 6.07) is 4.99. The van der Waals surface area contributed by atoms with Gasteiger partial charge in [0.25, 0.3) is 0 Å². The molecule has 2 nitrogen and oxygen atoms in total. The molecule has 90 valence electrons. The molecule has 0 amide bonds. The number of ether oxygens (including phenoxy) is 2. The van der Waals surface area contributed by atoms with Gasteiger partial charge in [-0.3, -0.25) is 0 Å². The second kappa shape index (κ2) is 6.68. The molecule has 0 unspecified atom stereocenters. The maximum atomic E-state index is 12.1. The zero-order chi connectivity index (χ0) is 12.0. The van der Waals surface area contributed by atoms with E-state index in [1.54, 1.807) is 19.1 Å². The minimum Gasteiger partial charge on any atom is -0.490 e. The van der Waals surface area contributed by atoms with Gasteiger partial charge in [-0.15, -0.1) is 0 Å². The van der Waals surface area contributed by atoms with E-state index in [-0.39, 0.29) is 5.75 Å². The molecule has 1 rings (SSSR count). The first-order valence-corrected chi connectivity index (χ1v) is 6.06. The molecule has 0 saturated heterocycles. The van der Waals surface area contributed by atoms with Crippen molar-refractivity contribution in [2.24, 2.45) is 0 Å². The van der Waals surface area contributed by atoms with Gasteiger partial charge in [0.15, 0.2) is 11.5 Å². The molecule has 0 aliphatic heterocycles. The van der Waals surface area contributed by atoms with E-state index in [1.165, 1.54) is 6.07 Å². The highest BCUT2D eigenvalue weighted by molar-refractivity contribution is 9.09. The fraction of sp³-hybridized carbons (Fsp3) is 0.455. The van der Waals surface area contributed by atoms with E-state index >= 15 is 0 Å². The molecule has 0 aromatic heterocycles. The third-order valence-electron chi connectivity index (χ3n) is 1.91. The molecular weight excluding hydrogens is 282 g/mol. The smallest absolute Gasteiger partial charge is 0.387 e. The lowest BCUT2D eigenvalue weighted by atomic mass is 10.1. The summed E-state index contributed by atoms with van der Waals surface area (Å²) in [5, 5.41) is 0.813. The van der Waals surface area contributed by atoms with Crippen molar-refractivity contribution in [3.8, 4) is 11.5 Å². The SMILES string of the molecule is CCOc1cc(CCBr)ccc1OC(F)F. The summed E-state index contributed by atoms with van der Waals surface area (Å²) in [6.07, 6.45) is 0.815. The zero-order valence-corrected chi connectivity index (χ0v) is 10.5. The monoisotopic (exact) mass is 294 g/mol. The van der Waals surface area contributed by atoms with Crippen LogP contribution in [0.1, 0.15) is 12.5 Å². The fourth-order valence-electron chi connectivity index (χ4n) is 1.28. The molecule has 1 aromatic carbocycles. The minimum atomic E-state index is -2.83. The Morgan fingerprint density at radius 1 is 1.31 bits per heavy atom. The maximum Gasteiger partial charge on any atom is 0.387 e. The number of rotatable bonds is 6. The molecule has 0 aliphatic carbocycles. The summed E-state index contributed by atoms with van der Waals surface area (Å²) >= 11 is 3.32. The molecule has 0 radical (unpaired) electrons. The summed E-state index contributed by atoms with van der Waals surface area (Å²) < 4.78 is 33.8. The Hall–Kier alpha value is -0.840. The second-order valence-electron chi connectivity index (χ2n) is 3.03. The predicted octanol–water partition coefficient (Wildman–Crippen LogP) is 3.62. The summed E-state index contributed by atoms with van der Waals surface area (Å²) in [4.78, 5) is 0. The Morgan fingerprint density at radius 2 is 2.06 bits per heavy atom. The standard InChI is InChI=1S/C11H13BrF2O2/c1-2-15-10-7-8(5-6-12)3-4-9(10)16-11(13)14/h3-4,7,11H,2,5-6H2,1H3. The number of hydrogen-bond acceptors (Lipinski definition) is 2. The van der Waals surface area contributed by atoms with Gasteiger partial charge in [0.1, 0.15) is 0 Å². The Morgan fingerprint density at radius 3 is 2.62 bits per heavy atom. The molecule has 0 spiro atoms. The first-order valence-electron chi connectivity index (χ1n) is 4.94. The number of benzene rings is 1. The van der Waals surface area contributed by atoms with E-state index in [0.29, 0.717) is 12.4 Å². The van der Waals surface area contributed by atoms with Gasteiger partial charge < -0.3 is 9.47 Å². The molecule has 0 bridgehead atoms. The van der Waals surface area contributed by atoms with Crippen molar-refractivity contribution in [3.05, 3.63) is 23.8 Å². The molecule has 0 atom stereocenters. The van der Waals surface area contributed by atoms with Crippen molar-refractivity contribution >= 4 is 15.9 Å². The Kier molecular flexibility index (Phi) is 5.52. The molecule has 0 aliphatic rings. The number of halogens is 3. The topological polar surface area (TPSA) is 18.5 Å². The van der Waals surface area contributed by atoms with Gasteiger partial charge in [0, 0.05) is 5.33 Å². The summed E-state index contributed by atoms with van der Waals surface area (Å²) in [6.45, 7) is -0.623. The minimum absolute atomic E-state index is 0.0789. The van der Waals surface area contributed by atoms with Crippen molar-refractivity contribution in [2.45, 2.75) is 20.0 Å². The van der Waals surface area contributed by atoms with Gasteiger partial charge in [-0.2, -0.15) is 8.78 Å². The highest BCUT2D eigenvalue weighted by atomic mass is 79.9. The molecule has 16 heavy (non-hydrogen) atoms. The van der Waals surface area contributed by atoms with Crippen molar-refractivity contribution in [3.63, 3.8) is 0 Å². The maximum absolute atomic E-state index is 12.1. The first-order chi connectivity index (χ1) is 7.67. The lowest BCUT2D eigenvalue weighted by Crippen LogP contribution is -2.05. The average molecular weight is 295 g/mol. The van der Waals surface area contributed by atoms with Crippen molar-refractivity contribution in [1.29, 1.82) is 0 Å². The van der Waals surface area contributed by atoms with Crippen LogP contribution in [0.15, 0.2) is 18.2 Å². The van der Waals surface area contributed by atoms with E-state index in [9.17, 15) is 8.78 Å². The normalized spacial score (nSPS) is 10.6. The lowest BCUT2D eigenvalue weighted by Gasteiger charge is -2.12. The van der Waals surface area contributed by atoms with Crippen molar-refractivity contribution in [2.75, 3.05) is 11.9 Å². The van der Waals surface area contributed by atoms with Crippen LogP contribution in [-0.2, 0) is 6.42 Å². The summed E-state index contributed by atoms with van der Waals surface area (Å²) in [5.74, 6) is 0.441. The van der Waals surface area contributed by atoms with Crippen LogP contribution in [0.5, 0.6) is 11.5 Å². The van der Waals surface area contributed by atoms with E-state index in [4.69, 9.17) is 4.74 Å². The van der Waals surface area contributed by atoms with Gasteiger partial charge in [-0.25, -0.2) is 0 Å². The van der Waals surface area contributed by atoms with Gasteiger partial charge in [-0.05, 0) is 31.0 Å². The third kappa shape index (κ3) is 3.96. The van der Waals surface area contributed by atoms with Gasteiger partial charge >= 0.3 is 6.61 Å². The van der Waals surface area contributed by atoms with Crippen molar-refractivity contribution < 1.29 is 18.3 Å². The van der Waals surface area contributed by atoms with Crippen LogP contribution in [0, 0.1) is 0 Å². The van der Waals surface area contributed by atoms with E-state index in [2.05, 4.69) is 20.7 Å². The second-order valence-corrected chi connectivity index (χ2v) is 3.82. The van der Waals surface area contributed by atoms with E-state index in [0.717, 1.165) is 17.3 Å². The van der Waals surface area contributed by atoms with Gasteiger partial charge in [-0.1, -0.05) is 22.0 Å². The van der Waals surface area contributed by atoms with Crippen LogP contribution >= 0.6 is 15.9 Å². The van der Waals surface area contributed by atoms with Gasteiger partial charge in [0.05, 0.1) is 6.61 Å². The van der Waals surface area contributed by atoms with Crippen LogP contribution < -0.4 is 9.47 Å². The largest absolute Gasteiger partial charge is 0.490 e. The van der Waals surface area contributed by atoms with Crippen LogP contribution in [0.2, 0.25) is 0 Å². The van der Waals surface area contributed by atoms with Crippen molar-refractivity contribution in [1.82, 2.24) is 0 Å². The quantitative estimate of drug-likeness (QED) is 0.746. The van der Waals surface area contributed by atoms with Crippen LogP contribution in [-0.4, -0.2) is 18.5 Å². The van der Waals surface area contributed by atoms with Gasteiger partial charge in [0.2, 0.25) is 0 Å². The number of alkyl halides is 3. The summed E-state index contributed by atoms with van der Waals surface area (Å²) in [5.41, 5.74) is 1.02. The van der Waals surface area contributed by atoms with Crippen LogP contribution in [0.4, 0.5) is 8.78 Å². The van der Waals surface area contributed by atoms with Crippen LogP contribution in [0.25, 0.3) is 0 Å². The highest BCUT2D eigenvalue weighted by Crippen LogP contribution is 2.30. The van der Waals surface area contributed by atoms with E-state index in [1.807, 2.05) is 0 Å². The molecular formula is C11H13BrF2O2. The Balaban J connectivity index is 2.89. The third-order valence-corrected chi connectivity index (χ3v) is 2.30. The summed E-state index contributed by atoms with van der Waals surface area (Å²) in [7, 11) is 0. The molecule has 0 saturated carbocycles. The molecule has 5 heteroatoms. The predicted molar refractivity (Wildman–Crippen MR) is 61.7 cm³/mol. The lowest BCUT2D eigenvalue weighted by molar-refractivity contribution is -0.0514. The molecule has 1 aromatic rings. The fourth-order valence-corrected chi connectivity index (χ4v) is 1.74. The molecule has 0 heterocycles. The highest BCUT2D eigenvalue weighted by Gasteiger charge is 2.11. The molecule has 0 N–H and O–H groups in total. The van der Waals surface area contributed by atoms with E-state index < -0.39 is 6.61 Å². The Bertz CT molecular complexity index is 332. The average Bonchev–Trinajstić information content (AvgIpc) is 2.22. The van der Waals surface area contributed by atoms with Crippen LogP contribution in [0.3, 0.4) is 0 Å². The number of hydrogen-bond donors (Lipinski definition) is 0.